The topological polar surface area (TPSA) is 76.7 Å². The Morgan fingerprint density at radius 2 is 1.85 bits per heavy atom. The van der Waals surface area contributed by atoms with Gasteiger partial charge in [0.05, 0.1) is 5.02 Å². The number of hydrogen-bond acceptors (Lipinski definition) is 5. The van der Waals surface area contributed by atoms with Gasteiger partial charge in [-0.3, -0.25) is 0 Å². The molecule has 2 aromatic rings. The van der Waals surface area contributed by atoms with Crippen LogP contribution in [0.2, 0.25) is 5.02 Å². The Morgan fingerprint density at radius 1 is 1.15 bits per heavy atom. The van der Waals surface area contributed by atoms with Crippen LogP contribution in [0.3, 0.4) is 0 Å². The van der Waals surface area contributed by atoms with E-state index in [1.54, 1.807) is 0 Å². The molecule has 0 bridgehead atoms. The second-order valence-corrected chi connectivity index (χ2v) is 8.38. The summed E-state index contributed by atoms with van der Waals surface area (Å²) >= 11 is 6.18. The van der Waals surface area contributed by atoms with Gasteiger partial charge in [-0.2, -0.15) is 0 Å². The molecule has 27 heavy (non-hydrogen) atoms. The molecule has 146 valence electrons. The van der Waals surface area contributed by atoms with Crippen molar-refractivity contribution in [2.24, 2.45) is 0 Å². The van der Waals surface area contributed by atoms with Gasteiger partial charge in [-0.25, -0.2) is 13.1 Å². The predicted octanol–water partition coefficient (Wildman–Crippen LogP) is 2.70. The van der Waals surface area contributed by atoms with Crippen molar-refractivity contribution < 1.29 is 17.9 Å². The van der Waals surface area contributed by atoms with Crippen molar-refractivity contribution in [1.29, 1.82) is 0 Å². The first-order valence-electron chi connectivity index (χ1n) is 8.44. The summed E-state index contributed by atoms with van der Waals surface area (Å²) in [7, 11) is -3.78. The smallest absolute Gasteiger partial charge is 0.242 e. The van der Waals surface area contributed by atoms with Gasteiger partial charge in [0.25, 0.3) is 0 Å². The second kappa shape index (κ2) is 8.24. The first kappa shape index (κ1) is 20.2. The quantitative estimate of drug-likeness (QED) is 0.779. The maximum atomic E-state index is 12.8. The van der Waals surface area contributed by atoms with Crippen LogP contribution < -0.4 is 19.5 Å². The Kier molecular flexibility index (Phi) is 6.18. The minimum atomic E-state index is -3.78. The highest BCUT2D eigenvalue weighted by Crippen LogP contribution is 2.37. The molecule has 6 nitrogen and oxygen atoms in total. The fourth-order valence-corrected chi connectivity index (χ4v) is 4.87. The molecule has 2 aliphatic heterocycles. The maximum absolute atomic E-state index is 12.8. The Hall–Kier alpha value is -1.51. The van der Waals surface area contributed by atoms with Crippen molar-refractivity contribution in [3.05, 3.63) is 52.5 Å². The number of rotatable bonds is 4. The molecule has 2 heterocycles. The van der Waals surface area contributed by atoms with Crippen molar-refractivity contribution in [3.63, 3.8) is 0 Å². The van der Waals surface area contributed by atoms with E-state index in [0.29, 0.717) is 24.7 Å². The molecule has 1 atom stereocenters. The number of ether oxygens (including phenoxy) is 2. The van der Waals surface area contributed by atoms with Crippen LogP contribution in [-0.2, 0) is 16.4 Å². The molecule has 0 radical (unpaired) electrons. The number of hydrogen-bond donors (Lipinski definition) is 2. The van der Waals surface area contributed by atoms with Gasteiger partial charge in [-0.15, -0.1) is 12.4 Å². The van der Waals surface area contributed by atoms with Crippen LogP contribution >= 0.6 is 24.0 Å². The molecule has 9 heteroatoms. The SMILES string of the molecule is Cl.O=S(=O)(NCC1NCCc2ccccc21)c1cc2c(cc1Cl)OCCO2. The van der Waals surface area contributed by atoms with E-state index in [4.69, 9.17) is 21.1 Å². The molecule has 0 fully saturated rings. The van der Waals surface area contributed by atoms with Crippen LogP contribution in [0.5, 0.6) is 11.5 Å². The molecular weight excluding hydrogens is 411 g/mol. The van der Waals surface area contributed by atoms with Crippen LogP contribution in [0, 0.1) is 0 Å². The van der Waals surface area contributed by atoms with Crippen LogP contribution in [0.4, 0.5) is 0 Å². The lowest BCUT2D eigenvalue weighted by Gasteiger charge is -2.27. The number of sulfonamides is 1. The molecule has 2 aromatic carbocycles. The van der Waals surface area contributed by atoms with E-state index in [1.165, 1.54) is 17.7 Å². The van der Waals surface area contributed by atoms with Crippen molar-refractivity contribution in [2.75, 3.05) is 26.3 Å². The average molecular weight is 431 g/mol. The minimum Gasteiger partial charge on any atom is -0.486 e. The van der Waals surface area contributed by atoms with Gasteiger partial charge in [0.2, 0.25) is 10.0 Å². The fraction of sp³-hybridized carbons (Fsp3) is 0.333. The van der Waals surface area contributed by atoms with Gasteiger partial charge in [-0.05, 0) is 24.1 Å². The molecule has 4 rings (SSSR count). The Morgan fingerprint density at radius 3 is 2.63 bits per heavy atom. The third kappa shape index (κ3) is 4.17. The minimum absolute atomic E-state index is 0. The van der Waals surface area contributed by atoms with Crippen LogP contribution in [0.15, 0.2) is 41.3 Å². The zero-order chi connectivity index (χ0) is 18.1. The summed E-state index contributed by atoms with van der Waals surface area (Å²) in [4.78, 5) is -0.00693. The third-order valence-electron chi connectivity index (χ3n) is 4.58. The van der Waals surface area contributed by atoms with Crippen LogP contribution in [0.1, 0.15) is 17.2 Å². The van der Waals surface area contributed by atoms with Gasteiger partial charge < -0.3 is 14.8 Å². The van der Waals surface area contributed by atoms with E-state index >= 15 is 0 Å². The molecule has 0 aliphatic carbocycles. The van der Waals surface area contributed by atoms with Crippen molar-refractivity contribution in [3.8, 4) is 11.5 Å². The second-order valence-electron chi connectivity index (χ2n) is 6.23. The highest BCUT2D eigenvalue weighted by Gasteiger charge is 2.26. The first-order valence-corrected chi connectivity index (χ1v) is 10.3. The normalized spacial score (nSPS) is 18.3. The summed E-state index contributed by atoms with van der Waals surface area (Å²) in [5.74, 6) is 0.852. The van der Waals surface area contributed by atoms with Gasteiger partial charge >= 0.3 is 0 Å². The van der Waals surface area contributed by atoms with E-state index in [9.17, 15) is 8.42 Å². The lowest BCUT2D eigenvalue weighted by atomic mass is 9.95. The van der Waals surface area contributed by atoms with E-state index in [2.05, 4.69) is 16.1 Å². The summed E-state index contributed by atoms with van der Waals surface area (Å²) < 4.78 is 39.1. The zero-order valence-electron chi connectivity index (χ0n) is 14.4. The molecule has 0 amide bonds. The average Bonchev–Trinajstić information content (AvgIpc) is 2.65. The molecule has 0 saturated heterocycles. The summed E-state index contributed by atoms with van der Waals surface area (Å²) in [5.41, 5.74) is 2.36. The molecule has 2 aliphatic rings. The molecule has 0 spiro atoms. The number of nitrogens with one attached hydrogen (secondary N) is 2. The predicted molar refractivity (Wildman–Crippen MR) is 106 cm³/mol. The zero-order valence-corrected chi connectivity index (χ0v) is 16.8. The van der Waals surface area contributed by atoms with E-state index in [-0.39, 0.29) is 34.9 Å². The van der Waals surface area contributed by atoms with Crippen LogP contribution in [-0.4, -0.2) is 34.7 Å². The van der Waals surface area contributed by atoms with Gasteiger partial charge in [0, 0.05) is 24.7 Å². The first-order chi connectivity index (χ1) is 12.5. The number of benzene rings is 2. The molecule has 0 saturated carbocycles. The number of fused-ring (bicyclic) bond motifs is 2. The lowest BCUT2D eigenvalue weighted by Crippen LogP contribution is -2.38. The third-order valence-corrected chi connectivity index (χ3v) is 6.47. The van der Waals surface area contributed by atoms with E-state index in [0.717, 1.165) is 18.5 Å². The van der Waals surface area contributed by atoms with E-state index in [1.807, 2.05) is 18.2 Å². The fourth-order valence-electron chi connectivity index (χ4n) is 3.30. The molecule has 1 unspecified atom stereocenters. The van der Waals surface area contributed by atoms with Gasteiger partial charge in [0.15, 0.2) is 11.5 Å². The Balaban J connectivity index is 0.00000210. The Bertz CT molecular complexity index is 937. The summed E-state index contributed by atoms with van der Waals surface area (Å²) in [5, 5.41) is 3.47. The highest BCUT2D eigenvalue weighted by atomic mass is 35.5. The molecular formula is C18H20Cl2N2O4S. The van der Waals surface area contributed by atoms with E-state index < -0.39 is 10.0 Å². The van der Waals surface area contributed by atoms with Crippen LogP contribution in [0.25, 0.3) is 0 Å². The number of halogens is 2. The van der Waals surface area contributed by atoms with Crippen molar-refractivity contribution in [1.82, 2.24) is 10.0 Å². The highest BCUT2D eigenvalue weighted by molar-refractivity contribution is 7.89. The molecule has 0 aromatic heterocycles. The summed E-state index contributed by atoms with van der Waals surface area (Å²) in [6.45, 7) is 1.85. The lowest BCUT2D eigenvalue weighted by molar-refractivity contribution is 0.171. The van der Waals surface area contributed by atoms with Gasteiger partial charge in [-0.1, -0.05) is 35.9 Å². The monoisotopic (exact) mass is 430 g/mol. The van der Waals surface area contributed by atoms with Crippen molar-refractivity contribution in [2.45, 2.75) is 17.4 Å². The summed E-state index contributed by atoms with van der Waals surface area (Å²) in [6.07, 6.45) is 0.938. The van der Waals surface area contributed by atoms with Crippen molar-refractivity contribution >= 4 is 34.0 Å². The Labute approximate surface area is 169 Å². The van der Waals surface area contributed by atoms with Gasteiger partial charge in [0.1, 0.15) is 18.1 Å². The largest absolute Gasteiger partial charge is 0.486 e. The summed E-state index contributed by atoms with van der Waals surface area (Å²) in [6, 6.07) is 10.9. The maximum Gasteiger partial charge on any atom is 0.242 e. The molecule has 2 N–H and O–H groups in total. The standard InChI is InChI=1S/C18H19ClN2O4S.ClH/c19-14-9-16-17(25-8-7-24-16)10-18(14)26(22,23)21-11-15-13-4-2-1-3-12(13)5-6-20-15;/h1-4,9-10,15,20-21H,5-8,11H2;1H.